The lowest BCUT2D eigenvalue weighted by Crippen LogP contribution is -2.52. The third-order valence-electron chi connectivity index (χ3n) is 3.18. The minimum atomic E-state index is -0.835. The highest BCUT2D eigenvalue weighted by atomic mass is 35.5. The van der Waals surface area contributed by atoms with Gasteiger partial charge in [-0.3, -0.25) is 9.59 Å². The fraction of sp³-hybridized carbons (Fsp3) is 0.412. The number of aryl methyl sites for hydroxylation is 1. The molecule has 1 aromatic rings. The lowest BCUT2D eigenvalue weighted by atomic mass is 10.0. The van der Waals surface area contributed by atoms with Gasteiger partial charge < -0.3 is 10.0 Å². The first-order valence-corrected chi connectivity index (χ1v) is 9.42. The predicted molar refractivity (Wildman–Crippen MR) is 102 cm³/mol. The van der Waals surface area contributed by atoms with Gasteiger partial charge in [-0.25, -0.2) is 0 Å². The normalized spacial score (nSPS) is 12.8. The number of carboxylic acids is 1. The van der Waals surface area contributed by atoms with Crippen LogP contribution in [0.2, 0.25) is 10.0 Å². The van der Waals surface area contributed by atoms with E-state index >= 15 is 0 Å². The van der Waals surface area contributed by atoms with Crippen LogP contribution in [-0.2, 0) is 9.59 Å². The van der Waals surface area contributed by atoms with Crippen molar-refractivity contribution >= 4 is 46.8 Å². The van der Waals surface area contributed by atoms with Crippen molar-refractivity contribution in [2.24, 2.45) is 5.92 Å². The second kappa shape index (κ2) is 11.4. The van der Waals surface area contributed by atoms with Gasteiger partial charge in [0.05, 0.1) is 16.0 Å². The lowest BCUT2D eigenvalue weighted by molar-refractivity contribution is -0.151. The molecule has 1 aliphatic rings. The first-order chi connectivity index (χ1) is 11.3. The second-order valence-electron chi connectivity index (χ2n) is 4.70. The first kappa shape index (κ1) is 22.8. The molecule has 1 heterocycles. The molecule has 1 aromatic carbocycles. The van der Waals surface area contributed by atoms with Gasteiger partial charge in [-0.15, -0.1) is 11.8 Å². The average Bonchev–Trinajstić information content (AvgIpc) is 2.53. The fourth-order valence-corrected chi connectivity index (χ4v) is 2.88. The van der Waals surface area contributed by atoms with Crippen molar-refractivity contribution < 1.29 is 14.7 Å². The van der Waals surface area contributed by atoms with E-state index < -0.39 is 5.97 Å². The molecule has 1 aliphatic heterocycles. The van der Waals surface area contributed by atoms with Crippen LogP contribution in [0.15, 0.2) is 29.7 Å². The topological polar surface area (TPSA) is 57.6 Å². The Morgan fingerprint density at radius 3 is 2.25 bits per heavy atom. The number of amides is 1. The van der Waals surface area contributed by atoms with Crippen molar-refractivity contribution in [1.82, 2.24) is 4.90 Å². The molecule has 1 fully saturated rings. The van der Waals surface area contributed by atoms with E-state index in [4.69, 9.17) is 28.3 Å². The molecule has 2 rings (SSSR count). The Hall–Kier alpha value is -1.17. The zero-order valence-electron chi connectivity index (χ0n) is 14.3. The molecule has 1 N–H and O–H groups in total. The summed E-state index contributed by atoms with van der Waals surface area (Å²) < 4.78 is 0. The molecule has 1 amide bonds. The molecule has 0 bridgehead atoms. The van der Waals surface area contributed by atoms with Crippen molar-refractivity contribution in [3.05, 3.63) is 40.4 Å². The monoisotopic (exact) mass is 391 g/mol. The van der Waals surface area contributed by atoms with Crippen LogP contribution in [-0.4, -0.2) is 41.2 Å². The van der Waals surface area contributed by atoms with E-state index in [1.165, 1.54) is 11.0 Å². The maximum absolute atomic E-state index is 10.8. The molecule has 24 heavy (non-hydrogen) atoms. The molecule has 0 aromatic heterocycles. The number of carboxylic acid groups (broad SMARTS) is 1. The Balaban J connectivity index is 0.000000400. The Labute approximate surface area is 157 Å². The van der Waals surface area contributed by atoms with Gasteiger partial charge in [-0.05, 0) is 30.9 Å². The summed E-state index contributed by atoms with van der Waals surface area (Å²) in [7, 11) is 0. The third kappa shape index (κ3) is 6.38. The van der Waals surface area contributed by atoms with Crippen LogP contribution < -0.4 is 0 Å². The van der Waals surface area contributed by atoms with E-state index in [0.29, 0.717) is 23.1 Å². The zero-order chi connectivity index (χ0) is 18.9. The van der Waals surface area contributed by atoms with Gasteiger partial charge in [0.1, 0.15) is 0 Å². The molecular weight excluding hydrogens is 369 g/mol. The van der Waals surface area contributed by atoms with E-state index in [9.17, 15) is 9.59 Å². The second-order valence-corrected chi connectivity index (χ2v) is 6.30. The van der Waals surface area contributed by atoms with Gasteiger partial charge in [-0.2, -0.15) is 0 Å². The van der Waals surface area contributed by atoms with Gasteiger partial charge in [0, 0.05) is 18.0 Å². The number of thioether (sulfide) groups is 1. The highest BCUT2D eigenvalue weighted by Gasteiger charge is 2.34. The summed E-state index contributed by atoms with van der Waals surface area (Å²) in [6.07, 6.45) is 3.17. The average molecular weight is 392 g/mol. The minimum Gasteiger partial charge on any atom is -0.481 e. The summed E-state index contributed by atoms with van der Waals surface area (Å²) >= 11 is 13.5. The number of carbonyl (C=O) groups is 2. The molecule has 1 saturated heterocycles. The summed E-state index contributed by atoms with van der Waals surface area (Å²) in [5, 5.41) is 9.77. The molecule has 134 valence electrons. The standard InChI is InChI=1S/C8H8Cl2S.C7H9NO3.C2H6/c1-5-3-4-6(11-2)8(10)7(5)9;1-2-6(9)8-3-5(4-8)7(10)11;1-2/h3-4H,1-2H3;2,5H,1,3-4H2,(H,10,11);1-2H3. The quantitative estimate of drug-likeness (QED) is 0.595. The number of halogens is 2. The molecule has 4 nitrogen and oxygen atoms in total. The number of rotatable bonds is 3. The summed E-state index contributed by atoms with van der Waals surface area (Å²) in [5.74, 6) is -1.40. The lowest BCUT2D eigenvalue weighted by Gasteiger charge is -2.35. The Morgan fingerprint density at radius 2 is 1.83 bits per heavy atom. The molecule has 0 unspecified atom stereocenters. The fourth-order valence-electron chi connectivity index (χ4n) is 1.73. The molecule has 0 aliphatic carbocycles. The van der Waals surface area contributed by atoms with E-state index in [2.05, 4.69) is 6.58 Å². The number of benzene rings is 1. The van der Waals surface area contributed by atoms with Crippen LogP contribution in [0.1, 0.15) is 19.4 Å². The smallest absolute Gasteiger partial charge is 0.310 e. The van der Waals surface area contributed by atoms with Crippen LogP contribution in [0.25, 0.3) is 0 Å². The summed E-state index contributed by atoms with van der Waals surface area (Å²) in [6.45, 7) is 9.88. The highest BCUT2D eigenvalue weighted by molar-refractivity contribution is 7.98. The Bertz CT molecular complexity index is 587. The molecule has 0 atom stereocenters. The van der Waals surface area contributed by atoms with Crippen LogP contribution in [0.4, 0.5) is 0 Å². The predicted octanol–water partition coefficient (Wildman–Crippen LogP) is 4.77. The maximum Gasteiger partial charge on any atom is 0.310 e. The maximum atomic E-state index is 10.8. The van der Waals surface area contributed by atoms with Gasteiger partial charge in [-0.1, -0.05) is 49.7 Å². The number of carbonyl (C=O) groups excluding carboxylic acids is 1. The number of hydrogen-bond donors (Lipinski definition) is 1. The Kier molecular flexibility index (Phi) is 10.8. The summed E-state index contributed by atoms with van der Waals surface area (Å²) in [5.41, 5.74) is 1.02. The number of nitrogens with zero attached hydrogens (tertiary/aromatic N) is 1. The van der Waals surface area contributed by atoms with E-state index in [1.54, 1.807) is 11.8 Å². The van der Waals surface area contributed by atoms with Crippen LogP contribution in [0, 0.1) is 12.8 Å². The highest BCUT2D eigenvalue weighted by Crippen LogP contribution is 2.33. The molecule has 0 radical (unpaired) electrons. The van der Waals surface area contributed by atoms with Gasteiger partial charge in [0.25, 0.3) is 0 Å². The number of aliphatic carboxylic acids is 1. The SMILES string of the molecule is C=CC(=O)N1CC(C(=O)O)C1.CC.CSc1ccc(C)c(Cl)c1Cl. The third-order valence-corrected chi connectivity index (χ3v) is 5.05. The van der Waals surface area contributed by atoms with E-state index in [-0.39, 0.29) is 11.8 Å². The molecular formula is C17H23Cl2NO3S. The van der Waals surface area contributed by atoms with Crippen molar-refractivity contribution in [2.75, 3.05) is 19.3 Å². The van der Waals surface area contributed by atoms with Crippen molar-refractivity contribution in [2.45, 2.75) is 25.7 Å². The van der Waals surface area contributed by atoms with Crippen LogP contribution in [0.3, 0.4) is 0 Å². The zero-order valence-corrected chi connectivity index (χ0v) is 16.6. The first-order valence-electron chi connectivity index (χ1n) is 7.44. The van der Waals surface area contributed by atoms with Crippen molar-refractivity contribution in [1.29, 1.82) is 0 Å². The Morgan fingerprint density at radius 1 is 1.29 bits per heavy atom. The summed E-state index contributed by atoms with van der Waals surface area (Å²) in [6, 6.07) is 3.95. The van der Waals surface area contributed by atoms with Crippen molar-refractivity contribution in [3.8, 4) is 0 Å². The van der Waals surface area contributed by atoms with Crippen LogP contribution in [0.5, 0.6) is 0 Å². The number of hydrogen-bond acceptors (Lipinski definition) is 3. The molecule has 7 heteroatoms. The van der Waals surface area contributed by atoms with Crippen molar-refractivity contribution in [3.63, 3.8) is 0 Å². The van der Waals surface area contributed by atoms with E-state index in [1.807, 2.05) is 39.2 Å². The minimum absolute atomic E-state index is 0.192. The largest absolute Gasteiger partial charge is 0.481 e. The van der Waals surface area contributed by atoms with Gasteiger partial charge in [0.15, 0.2) is 0 Å². The summed E-state index contributed by atoms with van der Waals surface area (Å²) in [4.78, 5) is 23.5. The van der Waals surface area contributed by atoms with E-state index in [0.717, 1.165) is 10.5 Å². The van der Waals surface area contributed by atoms with Gasteiger partial charge in [0.2, 0.25) is 5.91 Å². The molecule has 0 spiro atoms. The molecule has 0 saturated carbocycles. The van der Waals surface area contributed by atoms with Crippen LogP contribution >= 0.6 is 35.0 Å². The number of likely N-dealkylation sites (tertiary alicyclic amines) is 1. The van der Waals surface area contributed by atoms with Gasteiger partial charge >= 0.3 is 5.97 Å².